The molecular formula is C16H28N2S. The molecule has 1 aromatic rings. The SMILES string of the molecule is CCN(Cc1ccc(CNC(C)C)s1)C1CCCC1. The Labute approximate surface area is 122 Å². The molecule has 108 valence electrons. The van der Waals surface area contributed by atoms with E-state index in [1.165, 1.54) is 42.0 Å². The van der Waals surface area contributed by atoms with Gasteiger partial charge in [0.15, 0.2) is 0 Å². The summed E-state index contributed by atoms with van der Waals surface area (Å²) in [6.45, 7) is 10.0. The van der Waals surface area contributed by atoms with Crippen molar-refractivity contribution >= 4 is 11.3 Å². The number of hydrogen-bond donors (Lipinski definition) is 1. The van der Waals surface area contributed by atoms with Gasteiger partial charge in [-0.05, 0) is 31.5 Å². The maximum atomic E-state index is 3.49. The van der Waals surface area contributed by atoms with E-state index in [4.69, 9.17) is 0 Å². The van der Waals surface area contributed by atoms with Crippen molar-refractivity contribution in [2.24, 2.45) is 0 Å². The van der Waals surface area contributed by atoms with Gasteiger partial charge in [0.1, 0.15) is 0 Å². The Hall–Kier alpha value is -0.380. The van der Waals surface area contributed by atoms with E-state index in [-0.39, 0.29) is 0 Å². The van der Waals surface area contributed by atoms with Gasteiger partial charge < -0.3 is 5.32 Å². The minimum atomic E-state index is 0.566. The van der Waals surface area contributed by atoms with Crippen LogP contribution < -0.4 is 5.32 Å². The minimum absolute atomic E-state index is 0.566. The molecule has 2 nitrogen and oxygen atoms in total. The number of nitrogens with zero attached hydrogens (tertiary/aromatic N) is 1. The molecule has 0 spiro atoms. The number of rotatable bonds is 7. The van der Waals surface area contributed by atoms with Gasteiger partial charge in [0.25, 0.3) is 0 Å². The molecule has 0 saturated heterocycles. The van der Waals surface area contributed by atoms with Crippen LogP contribution in [0, 0.1) is 0 Å². The standard InChI is InChI=1S/C16H28N2S/c1-4-18(14-7-5-6-8-14)12-16-10-9-15(19-16)11-17-13(2)3/h9-10,13-14,17H,4-8,11-12H2,1-3H3. The lowest BCUT2D eigenvalue weighted by Crippen LogP contribution is -2.32. The van der Waals surface area contributed by atoms with Gasteiger partial charge in [0.05, 0.1) is 0 Å². The highest BCUT2D eigenvalue weighted by Crippen LogP contribution is 2.26. The second-order valence-corrected chi connectivity index (χ2v) is 7.16. The Morgan fingerprint density at radius 3 is 2.58 bits per heavy atom. The summed E-state index contributed by atoms with van der Waals surface area (Å²) in [6.07, 6.45) is 5.66. The summed E-state index contributed by atoms with van der Waals surface area (Å²) in [5.74, 6) is 0. The topological polar surface area (TPSA) is 15.3 Å². The Morgan fingerprint density at radius 2 is 1.95 bits per heavy atom. The summed E-state index contributed by atoms with van der Waals surface area (Å²) in [6, 6.07) is 6.01. The molecule has 0 aliphatic heterocycles. The highest BCUT2D eigenvalue weighted by atomic mass is 32.1. The van der Waals surface area contributed by atoms with E-state index in [0.29, 0.717) is 6.04 Å². The highest BCUT2D eigenvalue weighted by molar-refractivity contribution is 7.11. The molecular weight excluding hydrogens is 252 g/mol. The molecule has 1 aliphatic rings. The lowest BCUT2D eigenvalue weighted by molar-refractivity contribution is 0.202. The highest BCUT2D eigenvalue weighted by Gasteiger charge is 2.21. The third-order valence-corrected chi connectivity index (χ3v) is 5.08. The average Bonchev–Trinajstić information content (AvgIpc) is 3.05. The van der Waals surface area contributed by atoms with Crippen LogP contribution in [0.1, 0.15) is 56.2 Å². The molecule has 1 fully saturated rings. The fourth-order valence-corrected chi connectivity index (χ4v) is 3.87. The van der Waals surface area contributed by atoms with Gasteiger partial charge in [-0.25, -0.2) is 0 Å². The van der Waals surface area contributed by atoms with Gasteiger partial charge in [-0.3, -0.25) is 4.90 Å². The van der Waals surface area contributed by atoms with Crippen molar-refractivity contribution in [3.8, 4) is 0 Å². The first-order valence-corrected chi connectivity index (χ1v) is 8.55. The van der Waals surface area contributed by atoms with Gasteiger partial charge in [0.2, 0.25) is 0 Å². The quantitative estimate of drug-likeness (QED) is 0.812. The number of nitrogens with one attached hydrogen (secondary N) is 1. The molecule has 0 radical (unpaired) electrons. The Bertz CT molecular complexity index is 367. The molecule has 1 aromatic heterocycles. The molecule has 2 rings (SSSR count). The van der Waals surface area contributed by atoms with Crippen LogP contribution >= 0.6 is 11.3 Å². The van der Waals surface area contributed by atoms with E-state index in [0.717, 1.165) is 19.1 Å². The van der Waals surface area contributed by atoms with Crippen LogP contribution in [0.3, 0.4) is 0 Å². The smallest absolute Gasteiger partial charge is 0.0330 e. The molecule has 0 amide bonds. The predicted molar refractivity (Wildman–Crippen MR) is 84.6 cm³/mol. The van der Waals surface area contributed by atoms with E-state index in [1.807, 2.05) is 11.3 Å². The predicted octanol–water partition coefficient (Wildman–Crippen LogP) is 4.01. The third-order valence-electron chi connectivity index (χ3n) is 4.01. The van der Waals surface area contributed by atoms with Gasteiger partial charge >= 0.3 is 0 Å². The number of hydrogen-bond acceptors (Lipinski definition) is 3. The third kappa shape index (κ3) is 4.59. The lowest BCUT2D eigenvalue weighted by atomic mass is 10.2. The van der Waals surface area contributed by atoms with Crippen molar-refractivity contribution in [1.82, 2.24) is 10.2 Å². The van der Waals surface area contributed by atoms with Gasteiger partial charge in [0, 0.05) is 34.9 Å². The zero-order chi connectivity index (χ0) is 13.7. The van der Waals surface area contributed by atoms with Gasteiger partial charge in [-0.15, -0.1) is 11.3 Å². The van der Waals surface area contributed by atoms with Crippen LogP contribution in [0.25, 0.3) is 0 Å². The molecule has 0 bridgehead atoms. The second kappa shape index (κ2) is 7.41. The molecule has 0 unspecified atom stereocenters. The molecule has 1 heterocycles. The van der Waals surface area contributed by atoms with Crippen molar-refractivity contribution in [3.63, 3.8) is 0 Å². The maximum Gasteiger partial charge on any atom is 0.0330 e. The van der Waals surface area contributed by atoms with Crippen LogP contribution in [0.2, 0.25) is 0 Å². The van der Waals surface area contributed by atoms with E-state index in [2.05, 4.69) is 43.1 Å². The second-order valence-electron chi connectivity index (χ2n) is 5.90. The fraction of sp³-hybridized carbons (Fsp3) is 0.750. The van der Waals surface area contributed by atoms with E-state index in [9.17, 15) is 0 Å². The van der Waals surface area contributed by atoms with Crippen molar-refractivity contribution in [2.75, 3.05) is 6.54 Å². The Morgan fingerprint density at radius 1 is 1.26 bits per heavy atom. The molecule has 19 heavy (non-hydrogen) atoms. The average molecular weight is 280 g/mol. The van der Waals surface area contributed by atoms with Crippen LogP contribution in [0.15, 0.2) is 12.1 Å². The maximum absolute atomic E-state index is 3.49. The van der Waals surface area contributed by atoms with Gasteiger partial charge in [-0.1, -0.05) is 33.6 Å². The Kier molecular flexibility index (Phi) is 5.86. The van der Waals surface area contributed by atoms with Crippen LogP contribution in [-0.2, 0) is 13.1 Å². The summed E-state index contributed by atoms with van der Waals surface area (Å²) < 4.78 is 0. The summed E-state index contributed by atoms with van der Waals surface area (Å²) in [5.41, 5.74) is 0. The molecule has 0 aromatic carbocycles. The number of thiophene rings is 1. The van der Waals surface area contributed by atoms with E-state index >= 15 is 0 Å². The Balaban J connectivity index is 1.87. The normalized spacial score (nSPS) is 16.9. The molecule has 1 saturated carbocycles. The zero-order valence-corrected chi connectivity index (χ0v) is 13.4. The first-order valence-electron chi connectivity index (χ1n) is 7.74. The zero-order valence-electron chi connectivity index (χ0n) is 12.6. The summed E-state index contributed by atoms with van der Waals surface area (Å²) >= 11 is 1.97. The van der Waals surface area contributed by atoms with Crippen LogP contribution in [0.5, 0.6) is 0 Å². The molecule has 1 aliphatic carbocycles. The monoisotopic (exact) mass is 280 g/mol. The lowest BCUT2D eigenvalue weighted by Gasteiger charge is -2.26. The van der Waals surface area contributed by atoms with Crippen LogP contribution in [-0.4, -0.2) is 23.5 Å². The minimum Gasteiger partial charge on any atom is -0.310 e. The van der Waals surface area contributed by atoms with Crippen molar-refractivity contribution in [2.45, 2.75) is 71.6 Å². The molecule has 3 heteroatoms. The summed E-state index contributed by atoms with van der Waals surface area (Å²) in [5, 5.41) is 3.49. The largest absolute Gasteiger partial charge is 0.310 e. The molecule has 0 atom stereocenters. The van der Waals surface area contributed by atoms with Crippen molar-refractivity contribution < 1.29 is 0 Å². The summed E-state index contributed by atoms with van der Waals surface area (Å²) in [4.78, 5) is 5.65. The fourth-order valence-electron chi connectivity index (χ4n) is 2.88. The van der Waals surface area contributed by atoms with Gasteiger partial charge in [-0.2, -0.15) is 0 Å². The molecule has 1 N–H and O–H groups in total. The van der Waals surface area contributed by atoms with Crippen LogP contribution in [0.4, 0.5) is 0 Å². The first-order chi connectivity index (χ1) is 9.19. The summed E-state index contributed by atoms with van der Waals surface area (Å²) in [7, 11) is 0. The van der Waals surface area contributed by atoms with Crippen molar-refractivity contribution in [3.05, 3.63) is 21.9 Å². The van der Waals surface area contributed by atoms with Crippen molar-refractivity contribution in [1.29, 1.82) is 0 Å². The van der Waals surface area contributed by atoms with E-state index in [1.54, 1.807) is 0 Å². The first kappa shape index (κ1) is 15.0. The van der Waals surface area contributed by atoms with E-state index < -0.39 is 0 Å².